The van der Waals surface area contributed by atoms with Gasteiger partial charge in [0.2, 0.25) is 0 Å². The van der Waals surface area contributed by atoms with E-state index in [0.29, 0.717) is 12.0 Å². The summed E-state index contributed by atoms with van der Waals surface area (Å²) in [4.78, 5) is 0. The smallest absolute Gasteiger partial charge is 0.0462 e. The van der Waals surface area contributed by atoms with Gasteiger partial charge in [0.15, 0.2) is 0 Å². The van der Waals surface area contributed by atoms with Gasteiger partial charge in [0.25, 0.3) is 0 Å². The van der Waals surface area contributed by atoms with Crippen LogP contribution in [0.25, 0.3) is 0 Å². The van der Waals surface area contributed by atoms with Crippen LogP contribution in [-0.2, 0) is 11.2 Å². The molecule has 3 N–H and O–H groups in total. The van der Waals surface area contributed by atoms with Crippen molar-refractivity contribution in [1.29, 1.82) is 0 Å². The predicted molar refractivity (Wildman–Crippen MR) is 79.0 cm³/mol. The lowest BCUT2D eigenvalue weighted by Gasteiger charge is -2.28. The average Bonchev–Trinajstić information content (AvgIpc) is 2.46. The van der Waals surface area contributed by atoms with E-state index in [-0.39, 0.29) is 0 Å². The molecule has 2 atom stereocenters. The molecule has 0 heterocycles. The Morgan fingerprint density at radius 2 is 2.26 bits per heavy atom. The Balaban J connectivity index is 1.94. The summed E-state index contributed by atoms with van der Waals surface area (Å²) in [6, 6.07) is 9.27. The lowest BCUT2D eigenvalue weighted by Crippen LogP contribution is -2.37. The number of aryl methyl sites for hydroxylation is 1. The van der Waals surface area contributed by atoms with Crippen LogP contribution < -0.4 is 11.3 Å². The van der Waals surface area contributed by atoms with Crippen LogP contribution in [-0.4, -0.2) is 19.8 Å². The summed E-state index contributed by atoms with van der Waals surface area (Å²) in [6.45, 7) is 0.819. The van der Waals surface area contributed by atoms with Gasteiger partial charge in [-0.1, -0.05) is 24.3 Å². The highest BCUT2D eigenvalue weighted by molar-refractivity contribution is 5.32. The largest absolute Gasteiger partial charge is 0.385 e. The number of rotatable bonds is 7. The van der Waals surface area contributed by atoms with E-state index in [0.717, 1.165) is 25.9 Å². The van der Waals surface area contributed by atoms with Crippen LogP contribution in [0.2, 0.25) is 0 Å². The molecule has 106 valence electrons. The zero-order chi connectivity index (χ0) is 13.5. The van der Waals surface area contributed by atoms with Gasteiger partial charge < -0.3 is 4.74 Å². The first kappa shape index (κ1) is 14.5. The van der Waals surface area contributed by atoms with Crippen molar-refractivity contribution in [1.82, 2.24) is 5.43 Å². The zero-order valence-corrected chi connectivity index (χ0v) is 11.9. The SMILES string of the molecule is COCCCC(CC1CCCc2ccccc21)NN. The predicted octanol–water partition coefficient (Wildman–Crippen LogP) is 2.76. The topological polar surface area (TPSA) is 47.3 Å². The average molecular weight is 262 g/mol. The molecule has 19 heavy (non-hydrogen) atoms. The van der Waals surface area contributed by atoms with Crippen molar-refractivity contribution >= 4 is 0 Å². The van der Waals surface area contributed by atoms with Gasteiger partial charge in [-0.15, -0.1) is 0 Å². The molecule has 0 radical (unpaired) electrons. The third-order valence-corrected chi connectivity index (χ3v) is 4.20. The standard InChI is InChI=1S/C16H26N2O/c1-19-11-5-9-15(18-17)12-14-8-4-7-13-6-2-3-10-16(13)14/h2-3,6,10,14-15,18H,4-5,7-9,11-12,17H2,1H3. The second-order valence-corrected chi connectivity index (χ2v) is 5.52. The Labute approximate surface area is 116 Å². The van der Waals surface area contributed by atoms with Gasteiger partial charge in [0.05, 0.1) is 0 Å². The summed E-state index contributed by atoms with van der Waals surface area (Å²) in [5.41, 5.74) is 6.06. The second-order valence-electron chi connectivity index (χ2n) is 5.52. The maximum Gasteiger partial charge on any atom is 0.0462 e. The summed E-state index contributed by atoms with van der Waals surface area (Å²) in [5, 5.41) is 0. The molecule has 1 aliphatic rings. The Hall–Kier alpha value is -0.900. The van der Waals surface area contributed by atoms with E-state index in [1.165, 1.54) is 24.8 Å². The van der Waals surface area contributed by atoms with E-state index >= 15 is 0 Å². The van der Waals surface area contributed by atoms with E-state index in [4.69, 9.17) is 10.6 Å². The first-order valence-electron chi connectivity index (χ1n) is 7.38. The van der Waals surface area contributed by atoms with Gasteiger partial charge >= 0.3 is 0 Å². The van der Waals surface area contributed by atoms with Crippen LogP contribution in [0, 0.1) is 0 Å². The molecule has 0 amide bonds. The molecule has 1 aromatic rings. The Bertz CT molecular complexity index is 381. The maximum absolute atomic E-state index is 5.70. The van der Waals surface area contributed by atoms with Crippen molar-refractivity contribution in [3.05, 3.63) is 35.4 Å². The molecule has 0 saturated carbocycles. The molecular weight excluding hydrogens is 236 g/mol. The van der Waals surface area contributed by atoms with Crippen molar-refractivity contribution < 1.29 is 4.74 Å². The number of hydrogen-bond donors (Lipinski definition) is 2. The minimum atomic E-state index is 0.395. The number of methoxy groups -OCH3 is 1. The zero-order valence-electron chi connectivity index (χ0n) is 11.9. The van der Waals surface area contributed by atoms with Crippen molar-refractivity contribution in [2.75, 3.05) is 13.7 Å². The van der Waals surface area contributed by atoms with Gasteiger partial charge in [-0.2, -0.15) is 0 Å². The van der Waals surface area contributed by atoms with Gasteiger partial charge in [-0.25, -0.2) is 0 Å². The van der Waals surface area contributed by atoms with E-state index in [1.54, 1.807) is 12.7 Å². The van der Waals surface area contributed by atoms with E-state index < -0.39 is 0 Å². The normalized spacial score (nSPS) is 20.0. The molecule has 0 bridgehead atoms. The second kappa shape index (κ2) is 7.63. The molecule has 3 heteroatoms. The molecule has 0 spiro atoms. The highest BCUT2D eigenvalue weighted by atomic mass is 16.5. The van der Waals surface area contributed by atoms with Crippen LogP contribution >= 0.6 is 0 Å². The van der Waals surface area contributed by atoms with Crippen LogP contribution in [0.1, 0.15) is 49.1 Å². The molecular formula is C16H26N2O. The Morgan fingerprint density at radius 3 is 3.05 bits per heavy atom. The lowest BCUT2D eigenvalue weighted by atomic mass is 9.79. The monoisotopic (exact) mass is 262 g/mol. The summed E-state index contributed by atoms with van der Waals surface area (Å²) >= 11 is 0. The number of hydrazine groups is 1. The first-order chi connectivity index (χ1) is 9.35. The number of ether oxygens (including phenoxy) is 1. The summed E-state index contributed by atoms with van der Waals surface area (Å²) in [7, 11) is 1.75. The fourth-order valence-electron chi connectivity index (χ4n) is 3.19. The third-order valence-electron chi connectivity index (χ3n) is 4.20. The molecule has 0 fully saturated rings. The minimum absolute atomic E-state index is 0.395. The van der Waals surface area contributed by atoms with E-state index in [9.17, 15) is 0 Å². The van der Waals surface area contributed by atoms with Crippen molar-refractivity contribution in [2.45, 2.75) is 50.5 Å². The van der Waals surface area contributed by atoms with Crippen molar-refractivity contribution in [2.24, 2.45) is 5.84 Å². The van der Waals surface area contributed by atoms with Crippen molar-refractivity contribution in [3.63, 3.8) is 0 Å². The number of nitrogens with two attached hydrogens (primary N) is 1. The van der Waals surface area contributed by atoms with Gasteiger partial charge in [-0.05, 0) is 55.6 Å². The molecule has 1 aromatic carbocycles. The van der Waals surface area contributed by atoms with E-state index in [1.807, 2.05) is 0 Å². The molecule has 0 aromatic heterocycles. The highest BCUT2D eigenvalue weighted by Crippen LogP contribution is 2.35. The highest BCUT2D eigenvalue weighted by Gasteiger charge is 2.22. The molecule has 3 nitrogen and oxygen atoms in total. The fourth-order valence-corrected chi connectivity index (χ4v) is 3.19. The van der Waals surface area contributed by atoms with Crippen LogP contribution in [0.5, 0.6) is 0 Å². The van der Waals surface area contributed by atoms with Gasteiger partial charge in [0, 0.05) is 19.8 Å². The summed E-state index contributed by atoms with van der Waals surface area (Å²) < 4.78 is 5.11. The molecule has 2 rings (SSSR count). The number of hydrogen-bond acceptors (Lipinski definition) is 3. The third kappa shape index (κ3) is 4.03. The number of benzene rings is 1. The molecule has 2 unspecified atom stereocenters. The van der Waals surface area contributed by atoms with Gasteiger partial charge in [0.1, 0.15) is 0 Å². The summed E-state index contributed by atoms with van der Waals surface area (Å²) in [6.07, 6.45) is 7.12. The van der Waals surface area contributed by atoms with Crippen LogP contribution in [0.3, 0.4) is 0 Å². The Morgan fingerprint density at radius 1 is 1.42 bits per heavy atom. The lowest BCUT2D eigenvalue weighted by molar-refractivity contribution is 0.187. The van der Waals surface area contributed by atoms with Crippen LogP contribution in [0.4, 0.5) is 0 Å². The maximum atomic E-state index is 5.70. The van der Waals surface area contributed by atoms with Gasteiger partial charge in [-0.3, -0.25) is 11.3 Å². The van der Waals surface area contributed by atoms with E-state index in [2.05, 4.69) is 29.7 Å². The molecule has 0 saturated heterocycles. The fraction of sp³-hybridized carbons (Fsp3) is 0.625. The molecule has 0 aliphatic heterocycles. The number of fused-ring (bicyclic) bond motifs is 1. The Kier molecular flexibility index (Phi) is 5.83. The minimum Gasteiger partial charge on any atom is -0.385 e. The first-order valence-corrected chi connectivity index (χ1v) is 7.38. The quantitative estimate of drug-likeness (QED) is 0.451. The van der Waals surface area contributed by atoms with Crippen LogP contribution in [0.15, 0.2) is 24.3 Å². The molecule has 1 aliphatic carbocycles. The van der Waals surface area contributed by atoms with Crippen molar-refractivity contribution in [3.8, 4) is 0 Å². The summed E-state index contributed by atoms with van der Waals surface area (Å²) in [5.74, 6) is 6.36. The number of nitrogens with one attached hydrogen (secondary N) is 1.